The molecule has 0 radical (unpaired) electrons. The van der Waals surface area contributed by atoms with Gasteiger partial charge in [0.25, 0.3) is 5.91 Å². The molecule has 7 heteroatoms. The van der Waals surface area contributed by atoms with Gasteiger partial charge in [0, 0.05) is 6.61 Å². The number of carbonyl (C=O) groups is 1. The van der Waals surface area contributed by atoms with Crippen molar-refractivity contribution in [3.63, 3.8) is 0 Å². The van der Waals surface area contributed by atoms with Crippen LogP contribution in [0.2, 0.25) is 0 Å². The Morgan fingerprint density at radius 1 is 1.41 bits per heavy atom. The largest absolute Gasteiger partial charge is 0.379 e. The minimum Gasteiger partial charge on any atom is -0.379 e. The Kier molecular flexibility index (Phi) is 3.36. The van der Waals surface area contributed by atoms with Crippen LogP contribution >= 0.6 is 11.3 Å². The predicted octanol–water partition coefficient (Wildman–Crippen LogP) is 1.50. The highest BCUT2D eigenvalue weighted by molar-refractivity contribution is 7.16. The summed E-state index contributed by atoms with van der Waals surface area (Å²) < 4.78 is 6.38. The van der Waals surface area contributed by atoms with E-state index in [0.717, 1.165) is 28.8 Å². The predicted molar refractivity (Wildman–Crippen MR) is 85.5 cm³/mol. The summed E-state index contributed by atoms with van der Waals surface area (Å²) in [6.45, 7) is 1.34. The maximum Gasteiger partial charge on any atom is 0.274 e. The van der Waals surface area contributed by atoms with Crippen LogP contribution in [-0.4, -0.2) is 36.1 Å². The highest BCUT2D eigenvalue weighted by Gasteiger charge is 2.24. The highest BCUT2D eigenvalue weighted by Crippen LogP contribution is 2.20. The Morgan fingerprint density at radius 2 is 2.36 bits per heavy atom. The average Bonchev–Trinajstić information content (AvgIpc) is 3.21. The first kappa shape index (κ1) is 13.4. The molecule has 2 aliphatic heterocycles. The lowest BCUT2D eigenvalue weighted by molar-refractivity contribution is -0.115. The second kappa shape index (κ2) is 5.51. The summed E-state index contributed by atoms with van der Waals surface area (Å²) in [5.41, 5.74) is 4.25. The minimum absolute atomic E-state index is 0.121. The van der Waals surface area contributed by atoms with Crippen molar-refractivity contribution in [3.05, 3.63) is 35.0 Å². The van der Waals surface area contributed by atoms with Gasteiger partial charge >= 0.3 is 0 Å². The van der Waals surface area contributed by atoms with Gasteiger partial charge in [-0.2, -0.15) is 0 Å². The second-order valence-corrected chi connectivity index (χ2v) is 6.10. The monoisotopic (exact) mass is 314 g/mol. The number of guanidine groups is 1. The van der Waals surface area contributed by atoms with Gasteiger partial charge in [-0.15, -0.1) is 11.3 Å². The standard InChI is InChI=1S/C15H14N4O2S/c20-14-12(18-15(19-14)17-10-3-4-21-7-10)5-9-1-2-11-13(6-9)22-8-16-11/h1-2,5-6,8,10H,3-4,7H2,(H2,17,18,19,20)/b12-5-/t10-/m1/s1. The molecular formula is C15H14N4O2S. The van der Waals surface area contributed by atoms with E-state index < -0.39 is 0 Å². The van der Waals surface area contributed by atoms with Crippen molar-refractivity contribution in [2.75, 3.05) is 13.2 Å². The molecule has 1 atom stereocenters. The SMILES string of the molecule is O=C1NC(=N[C@@H]2CCOC2)N/C1=C\c1ccc2ncsc2c1. The van der Waals surface area contributed by atoms with Gasteiger partial charge in [0.05, 0.1) is 28.4 Å². The molecule has 0 bridgehead atoms. The fraction of sp³-hybridized carbons (Fsp3) is 0.267. The third-order valence-electron chi connectivity index (χ3n) is 3.61. The number of aromatic nitrogens is 1. The number of rotatable bonds is 2. The lowest BCUT2D eigenvalue weighted by Gasteiger charge is -2.02. The van der Waals surface area contributed by atoms with E-state index in [4.69, 9.17) is 4.74 Å². The molecule has 112 valence electrons. The third-order valence-corrected chi connectivity index (χ3v) is 4.41. The molecule has 0 unspecified atom stereocenters. The Labute approximate surface area is 130 Å². The number of carbonyl (C=O) groups excluding carboxylic acids is 1. The molecule has 22 heavy (non-hydrogen) atoms. The van der Waals surface area contributed by atoms with Crippen molar-refractivity contribution in [1.82, 2.24) is 15.6 Å². The molecule has 2 aliphatic rings. The fourth-order valence-corrected chi connectivity index (χ4v) is 3.22. The smallest absolute Gasteiger partial charge is 0.274 e. The Bertz CT molecular complexity index is 790. The van der Waals surface area contributed by atoms with E-state index >= 15 is 0 Å². The lowest BCUT2D eigenvalue weighted by atomic mass is 10.2. The van der Waals surface area contributed by atoms with Crippen molar-refractivity contribution in [1.29, 1.82) is 0 Å². The molecule has 2 fully saturated rings. The summed E-state index contributed by atoms with van der Waals surface area (Å²) in [6, 6.07) is 6.05. The van der Waals surface area contributed by atoms with Crippen LogP contribution in [-0.2, 0) is 9.53 Å². The second-order valence-electron chi connectivity index (χ2n) is 5.21. The number of benzene rings is 1. The summed E-state index contributed by atoms with van der Waals surface area (Å²) in [5, 5.41) is 5.79. The fourth-order valence-electron chi connectivity index (χ4n) is 2.49. The van der Waals surface area contributed by atoms with Crippen LogP contribution in [0.25, 0.3) is 16.3 Å². The van der Waals surface area contributed by atoms with Crippen molar-refractivity contribution < 1.29 is 9.53 Å². The maximum absolute atomic E-state index is 12.0. The first-order valence-electron chi connectivity index (χ1n) is 7.07. The van der Waals surface area contributed by atoms with Crippen LogP contribution in [0, 0.1) is 0 Å². The summed E-state index contributed by atoms with van der Waals surface area (Å²) in [4.78, 5) is 20.7. The first-order valence-corrected chi connectivity index (χ1v) is 7.95. The summed E-state index contributed by atoms with van der Waals surface area (Å²) in [7, 11) is 0. The average molecular weight is 314 g/mol. The highest BCUT2D eigenvalue weighted by atomic mass is 32.1. The van der Waals surface area contributed by atoms with E-state index in [0.29, 0.717) is 18.3 Å². The van der Waals surface area contributed by atoms with E-state index in [1.54, 1.807) is 11.3 Å². The van der Waals surface area contributed by atoms with Crippen LogP contribution in [0.15, 0.2) is 34.4 Å². The molecule has 0 aliphatic carbocycles. The molecule has 0 saturated carbocycles. The van der Waals surface area contributed by atoms with Crippen LogP contribution in [0.5, 0.6) is 0 Å². The maximum atomic E-state index is 12.0. The topological polar surface area (TPSA) is 75.6 Å². The Balaban J connectivity index is 1.57. The van der Waals surface area contributed by atoms with Gasteiger partial charge in [0.2, 0.25) is 5.96 Å². The lowest BCUT2D eigenvalue weighted by Crippen LogP contribution is -2.27. The van der Waals surface area contributed by atoms with Crippen LogP contribution in [0.1, 0.15) is 12.0 Å². The summed E-state index contributed by atoms with van der Waals surface area (Å²) in [6.07, 6.45) is 2.71. The molecule has 1 amide bonds. The zero-order valence-electron chi connectivity index (χ0n) is 11.7. The quantitative estimate of drug-likeness (QED) is 0.824. The van der Waals surface area contributed by atoms with Crippen LogP contribution in [0.3, 0.4) is 0 Å². The number of aliphatic imine (C=N–C) groups is 1. The molecule has 3 heterocycles. The van der Waals surface area contributed by atoms with Crippen molar-refractivity contribution in [2.24, 2.45) is 4.99 Å². The number of nitrogens with zero attached hydrogens (tertiary/aromatic N) is 2. The molecule has 1 aromatic heterocycles. The molecule has 2 N–H and O–H groups in total. The van der Waals surface area contributed by atoms with Crippen LogP contribution < -0.4 is 10.6 Å². The normalized spacial score (nSPS) is 25.1. The van der Waals surface area contributed by atoms with Crippen molar-refractivity contribution in [3.8, 4) is 0 Å². The zero-order chi connectivity index (χ0) is 14.9. The number of hydrogen-bond acceptors (Lipinski definition) is 5. The number of hydrogen-bond donors (Lipinski definition) is 2. The third kappa shape index (κ3) is 2.60. The number of amides is 1. The van der Waals surface area contributed by atoms with Gasteiger partial charge in [-0.1, -0.05) is 6.07 Å². The van der Waals surface area contributed by atoms with E-state index in [1.165, 1.54) is 0 Å². The Hall–Kier alpha value is -2.25. The molecule has 1 aromatic carbocycles. The van der Waals surface area contributed by atoms with E-state index in [1.807, 2.05) is 29.8 Å². The van der Waals surface area contributed by atoms with Gasteiger partial charge in [-0.3, -0.25) is 10.1 Å². The molecule has 2 saturated heterocycles. The molecular weight excluding hydrogens is 300 g/mol. The zero-order valence-corrected chi connectivity index (χ0v) is 12.5. The van der Waals surface area contributed by atoms with Gasteiger partial charge in [0.1, 0.15) is 5.70 Å². The summed E-state index contributed by atoms with van der Waals surface area (Å²) in [5.74, 6) is 0.340. The minimum atomic E-state index is -0.165. The van der Waals surface area contributed by atoms with Gasteiger partial charge in [-0.05, 0) is 30.2 Å². The molecule has 0 spiro atoms. The van der Waals surface area contributed by atoms with Gasteiger partial charge in [0.15, 0.2) is 0 Å². The van der Waals surface area contributed by atoms with Crippen LogP contribution in [0.4, 0.5) is 0 Å². The van der Waals surface area contributed by atoms with E-state index in [9.17, 15) is 4.79 Å². The molecule has 6 nitrogen and oxygen atoms in total. The van der Waals surface area contributed by atoms with Crippen molar-refractivity contribution in [2.45, 2.75) is 12.5 Å². The summed E-state index contributed by atoms with van der Waals surface area (Å²) >= 11 is 1.58. The molecule has 2 aromatic rings. The number of ether oxygens (including phenoxy) is 1. The van der Waals surface area contributed by atoms with Gasteiger partial charge < -0.3 is 10.1 Å². The number of thiazole rings is 1. The first-order chi connectivity index (χ1) is 10.8. The van der Waals surface area contributed by atoms with E-state index in [2.05, 4.69) is 20.6 Å². The number of fused-ring (bicyclic) bond motifs is 1. The van der Waals surface area contributed by atoms with Crippen molar-refractivity contribution >= 4 is 39.5 Å². The van der Waals surface area contributed by atoms with E-state index in [-0.39, 0.29) is 11.9 Å². The molecule has 4 rings (SSSR count). The Morgan fingerprint density at radius 3 is 3.23 bits per heavy atom. The number of nitrogens with one attached hydrogen (secondary N) is 2. The van der Waals surface area contributed by atoms with Gasteiger partial charge in [-0.25, -0.2) is 9.98 Å².